The third-order valence-electron chi connectivity index (χ3n) is 2.31. The Morgan fingerprint density at radius 3 is 2.69 bits per heavy atom. The Hall–Kier alpha value is -1.91. The van der Waals surface area contributed by atoms with Crippen molar-refractivity contribution in [1.82, 2.24) is 19.7 Å². The van der Waals surface area contributed by atoms with Crippen molar-refractivity contribution in [2.75, 3.05) is 11.9 Å². The Kier molecular flexibility index (Phi) is 2.85. The molecule has 16 heavy (non-hydrogen) atoms. The molecule has 84 valence electrons. The van der Waals surface area contributed by atoms with Crippen molar-refractivity contribution in [2.45, 2.75) is 13.8 Å². The fourth-order valence-electron chi connectivity index (χ4n) is 1.66. The number of nitrogens with zero attached hydrogens (tertiary/aromatic N) is 4. The molecule has 0 spiro atoms. The van der Waals surface area contributed by atoms with Crippen LogP contribution in [0.4, 0.5) is 5.82 Å². The lowest BCUT2D eigenvalue weighted by atomic mass is 10.2. The van der Waals surface area contributed by atoms with Crippen LogP contribution in [0, 0.1) is 6.92 Å². The van der Waals surface area contributed by atoms with Gasteiger partial charge in [0.1, 0.15) is 5.69 Å². The van der Waals surface area contributed by atoms with Crippen molar-refractivity contribution in [1.29, 1.82) is 0 Å². The molecular formula is C11H15N5. The standard InChI is InChI=1S/C11H15N5/c1-4-12-11-10(13-5-6-14-11)9-7-16(3)15-8(9)2/h5-7H,4H2,1-3H3,(H,12,14). The summed E-state index contributed by atoms with van der Waals surface area (Å²) in [5.41, 5.74) is 2.84. The summed E-state index contributed by atoms with van der Waals surface area (Å²) in [6.45, 7) is 4.83. The molecule has 2 aromatic heterocycles. The fraction of sp³-hybridized carbons (Fsp3) is 0.364. The van der Waals surface area contributed by atoms with E-state index in [0.29, 0.717) is 0 Å². The molecule has 0 aliphatic rings. The Morgan fingerprint density at radius 1 is 1.31 bits per heavy atom. The summed E-state index contributed by atoms with van der Waals surface area (Å²) in [4.78, 5) is 8.65. The summed E-state index contributed by atoms with van der Waals surface area (Å²) in [5, 5.41) is 7.51. The molecule has 5 nitrogen and oxygen atoms in total. The summed E-state index contributed by atoms with van der Waals surface area (Å²) in [6.07, 6.45) is 5.34. The van der Waals surface area contributed by atoms with Crippen LogP contribution in [0.3, 0.4) is 0 Å². The lowest BCUT2D eigenvalue weighted by molar-refractivity contribution is 0.756. The first-order valence-electron chi connectivity index (χ1n) is 5.28. The lowest BCUT2D eigenvalue weighted by Crippen LogP contribution is -2.02. The molecule has 0 saturated heterocycles. The molecule has 0 fully saturated rings. The number of nitrogens with one attached hydrogen (secondary N) is 1. The average molecular weight is 217 g/mol. The van der Waals surface area contributed by atoms with Crippen LogP contribution >= 0.6 is 0 Å². The first kappa shape index (κ1) is 10.6. The zero-order chi connectivity index (χ0) is 11.5. The second-order valence-electron chi connectivity index (χ2n) is 3.59. The zero-order valence-electron chi connectivity index (χ0n) is 9.73. The highest BCUT2D eigenvalue weighted by Gasteiger charge is 2.12. The minimum absolute atomic E-state index is 0.807. The minimum Gasteiger partial charge on any atom is -0.369 e. The van der Waals surface area contributed by atoms with E-state index in [2.05, 4.69) is 20.4 Å². The Bertz CT molecular complexity index is 489. The van der Waals surface area contributed by atoms with Gasteiger partial charge in [-0.25, -0.2) is 4.98 Å². The van der Waals surface area contributed by atoms with Crippen LogP contribution in [-0.4, -0.2) is 26.3 Å². The number of hydrogen-bond donors (Lipinski definition) is 1. The van der Waals surface area contributed by atoms with Gasteiger partial charge < -0.3 is 5.32 Å². The largest absolute Gasteiger partial charge is 0.369 e. The lowest BCUT2D eigenvalue weighted by Gasteiger charge is -2.06. The summed E-state index contributed by atoms with van der Waals surface area (Å²) < 4.78 is 1.79. The van der Waals surface area contributed by atoms with Gasteiger partial charge in [0.2, 0.25) is 0 Å². The second kappa shape index (κ2) is 4.30. The molecule has 1 N–H and O–H groups in total. The van der Waals surface area contributed by atoms with E-state index in [9.17, 15) is 0 Å². The molecule has 0 radical (unpaired) electrons. The zero-order valence-corrected chi connectivity index (χ0v) is 9.73. The van der Waals surface area contributed by atoms with Crippen LogP contribution in [0.5, 0.6) is 0 Å². The van der Waals surface area contributed by atoms with E-state index >= 15 is 0 Å². The summed E-state index contributed by atoms with van der Waals surface area (Å²) in [5.74, 6) is 0.807. The second-order valence-corrected chi connectivity index (χ2v) is 3.59. The summed E-state index contributed by atoms with van der Waals surface area (Å²) in [7, 11) is 1.90. The van der Waals surface area contributed by atoms with Crippen LogP contribution in [0.2, 0.25) is 0 Å². The molecule has 0 unspecified atom stereocenters. The monoisotopic (exact) mass is 217 g/mol. The van der Waals surface area contributed by atoms with Gasteiger partial charge in [0.05, 0.1) is 5.69 Å². The van der Waals surface area contributed by atoms with Crippen LogP contribution in [0.1, 0.15) is 12.6 Å². The average Bonchev–Trinajstić information content (AvgIpc) is 2.59. The van der Waals surface area contributed by atoms with Gasteiger partial charge in [0.25, 0.3) is 0 Å². The van der Waals surface area contributed by atoms with Gasteiger partial charge in [-0.3, -0.25) is 9.67 Å². The molecule has 2 heterocycles. The van der Waals surface area contributed by atoms with Gasteiger partial charge in [-0.2, -0.15) is 5.10 Å². The van der Waals surface area contributed by atoms with Crippen LogP contribution < -0.4 is 5.32 Å². The quantitative estimate of drug-likeness (QED) is 0.848. The highest BCUT2D eigenvalue weighted by molar-refractivity contribution is 5.72. The molecule has 0 aliphatic heterocycles. The molecule has 0 aliphatic carbocycles. The van der Waals surface area contributed by atoms with E-state index in [1.807, 2.05) is 27.1 Å². The van der Waals surface area contributed by atoms with E-state index in [1.165, 1.54) is 0 Å². The smallest absolute Gasteiger partial charge is 0.152 e. The van der Waals surface area contributed by atoms with Crippen LogP contribution in [-0.2, 0) is 7.05 Å². The maximum atomic E-state index is 4.36. The van der Waals surface area contributed by atoms with Crippen LogP contribution in [0.15, 0.2) is 18.6 Å². The highest BCUT2D eigenvalue weighted by Crippen LogP contribution is 2.25. The van der Waals surface area contributed by atoms with Gasteiger partial charge in [-0.05, 0) is 13.8 Å². The molecular weight excluding hydrogens is 202 g/mol. The minimum atomic E-state index is 0.807. The summed E-state index contributed by atoms with van der Waals surface area (Å²) >= 11 is 0. The molecule has 0 atom stereocenters. The normalized spacial score (nSPS) is 10.4. The van der Waals surface area contributed by atoms with Crippen molar-refractivity contribution in [3.8, 4) is 11.3 Å². The van der Waals surface area contributed by atoms with Gasteiger partial charge in [0.15, 0.2) is 5.82 Å². The molecule has 0 amide bonds. The van der Waals surface area contributed by atoms with E-state index in [1.54, 1.807) is 17.1 Å². The van der Waals surface area contributed by atoms with E-state index < -0.39 is 0 Å². The number of aromatic nitrogens is 4. The number of aryl methyl sites for hydroxylation is 2. The topological polar surface area (TPSA) is 55.6 Å². The third-order valence-corrected chi connectivity index (χ3v) is 2.31. The Balaban J connectivity index is 2.50. The predicted octanol–water partition coefficient (Wildman–Crippen LogP) is 1.62. The number of rotatable bonds is 3. The Morgan fingerprint density at radius 2 is 2.06 bits per heavy atom. The molecule has 0 bridgehead atoms. The van der Waals surface area contributed by atoms with Crippen LogP contribution in [0.25, 0.3) is 11.3 Å². The maximum absolute atomic E-state index is 4.36. The van der Waals surface area contributed by atoms with Crippen molar-refractivity contribution >= 4 is 5.82 Å². The van der Waals surface area contributed by atoms with Crippen molar-refractivity contribution < 1.29 is 0 Å². The Labute approximate surface area is 94.5 Å². The molecule has 0 aromatic carbocycles. The van der Waals surface area contributed by atoms with Gasteiger partial charge in [-0.15, -0.1) is 0 Å². The first-order valence-corrected chi connectivity index (χ1v) is 5.28. The molecule has 2 rings (SSSR count). The number of hydrogen-bond acceptors (Lipinski definition) is 4. The van der Waals surface area contributed by atoms with Gasteiger partial charge in [0, 0.05) is 37.7 Å². The van der Waals surface area contributed by atoms with Gasteiger partial charge in [-0.1, -0.05) is 0 Å². The predicted molar refractivity (Wildman–Crippen MR) is 63.1 cm³/mol. The van der Waals surface area contributed by atoms with Crippen molar-refractivity contribution in [2.24, 2.45) is 7.05 Å². The van der Waals surface area contributed by atoms with Gasteiger partial charge >= 0.3 is 0 Å². The van der Waals surface area contributed by atoms with E-state index in [4.69, 9.17) is 0 Å². The SMILES string of the molecule is CCNc1nccnc1-c1cn(C)nc1C. The fourth-order valence-corrected chi connectivity index (χ4v) is 1.66. The van der Waals surface area contributed by atoms with E-state index in [-0.39, 0.29) is 0 Å². The third kappa shape index (κ3) is 1.88. The van der Waals surface area contributed by atoms with Crippen molar-refractivity contribution in [3.63, 3.8) is 0 Å². The maximum Gasteiger partial charge on any atom is 0.152 e. The molecule has 5 heteroatoms. The molecule has 0 saturated carbocycles. The summed E-state index contributed by atoms with van der Waals surface area (Å²) in [6, 6.07) is 0. The van der Waals surface area contributed by atoms with E-state index in [0.717, 1.165) is 29.3 Å². The number of anilines is 1. The highest BCUT2D eigenvalue weighted by atomic mass is 15.3. The molecule has 2 aromatic rings. The first-order chi connectivity index (χ1) is 7.72. The van der Waals surface area contributed by atoms with Crippen molar-refractivity contribution in [3.05, 3.63) is 24.3 Å².